The second-order valence-electron chi connectivity index (χ2n) is 9.55. The van der Waals surface area contributed by atoms with Gasteiger partial charge in [-0.05, 0) is 61.1 Å². The maximum atomic E-state index is 13.2. The van der Waals surface area contributed by atoms with Crippen molar-refractivity contribution in [1.82, 2.24) is 4.90 Å². The number of carboxylic acid groups (broad SMARTS) is 2. The van der Waals surface area contributed by atoms with E-state index in [-0.39, 0.29) is 30.3 Å². The molecule has 0 fully saturated rings. The highest BCUT2D eigenvalue weighted by atomic mass is 16.5. The summed E-state index contributed by atoms with van der Waals surface area (Å²) in [6.45, 7) is -0.000432. The molecule has 190 valence electrons. The highest BCUT2D eigenvalue weighted by Crippen LogP contribution is 2.49. The maximum Gasteiger partial charge on any atom is 0.335 e. The zero-order valence-corrected chi connectivity index (χ0v) is 20.2. The maximum absolute atomic E-state index is 13.2. The van der Waals surface area contributed by atoms with Crippen LogP contribution in [0.3, 0.4) is 0 Å². The molecule has 3 aliphatic rings. The summed E-state index contributed by atoms with van der Waals surface area (Å²) in [5, 5.41) is 18.6. The molecule has 8 nitrogen and oxygen atoms in total. The Labute approximate surface area is 213 Å². The molecule has 2 N–H and O–H groups in total. The van der Waals surface area contributed by atoms with Crippen LogP contribution in [0.25, 0.3) is 0 Å². The van der Waals surface area contributed by atoms with Gasteiger partial charge >= 0.3 is 11.9 Å². The van der Waals surface area contributed by atoms with Crippen LogP contribution < -0.4 is 4.74 Å². The van der Waals surface area contributed by atoms with E-state index in [1.165, 1.54) is 12.1 Å². The molecule has 0 spiro atoms. The zero-order valence-electron chi connectivity index (χ0n) is 20.2. The second kappa shape index (κ2) is 10.0. The van der Waals surface area contributed by atoms with Crippen LogP contribution in [0.15, 0.2) is 71.1 Å². The highest BCUT2D eigenvalue weighted by molar-refractivity contribution is 6.06. The van der Waals surface area contributed by atoms with E-state index < -0.39 is 17.9 Å². The third-order valence-electron chi connectivity index (χ3n) is 7.20. The van der Waals surface area contributed by atoms with Crippen LogP contribution in [0.2, 0.25) is 0 Å². The van der Waals surface area contributed by atoms with E-state index in [9.17, 15) is 24.3 Å². The molecule has 37 heavy (non-hydrogen) atoms. The van der Waals surface area contributed by atoms with Gasteiger partial charge in [0.1, 0.15) is 18.9 Å². The number of aromatic carboxylic acids is 1. The van der Waals surface area contributed by atoms with Gasteiger partial charge in [-0.25, -0.2) is 4.79 Å². The molecule has 0 atom stereocenters. The fourth-order valence-electron chi connectivity index (χ4n) is 5.54. The minimum absolute atomic E-state index is 0.0308. The lowest BCUT2D eigenvalue weighted by atomic mass is 9.71. The second-order valence-corrected chi connectivity index (χ2v) is 9.55. The molecular formula is C29H27NO7. The molecule has 0 saturated heterocycles. The number of carbonyl (C=O) groups excluding carboxylic acids is 2. The molecule has 0 unspecified atom stereocenters. The number of carbonyl (C=O) groups is 4. The number of carboxylic acids is 2. The molecule has 1 aliphatic heterocycles. The first-order chi connectivity index (χ1) is 17.8. The van der Waals surface area contributed by atoms with Gasteiger partial charge in [0.15, 0.2) is 11.6 Å². The number of aliphatic carboxylic acids is 1. The number of hydrogen-bond acceptors (Lipinski definition) is 6. The fraction of sp³-hybridized carbons (Fsp3) is 0.310. The summed E-state index contributed by atoms with van der Waals surface area (Å²) >= 11 is 0. The SMILES string of the molecule is O=C(O)CN1C2=C(C(=O)CCC2)C(c2ccc(OCc3ccc(C(=O)O)cc3)cc2)C2=C1CCCC2=O. The van der Waals surface area contributed by atoms with Gasteiger partial charge in [-0.15, -0.1) is 0 Å². The van der Waals surface area contributed by atoms with Crippen LogP contribution in [-0.4, -0.2) is 45.2 Å². The van der Waals surface area contributed by atoms with Gasteiger partial charge in [-0.1, -0.05) is 24.3 Å². The van der Waals surface area contributed by atoms with Gasteiger partial charge in [0.05, 0.1) is 5.56 Å². The minimum atomic E-state index is -0.993. The lowest BCUT2D eigenvalue weighted by Crippen LogP contribution is -2.41. The topological polar surface area (TPSA) is 121 Å². The average Bonchev–Trinajstić information content (AvgIpc) is 2.88. The van der Waals surface area contributed by atoms with Crippen molar-refractivity contribution >= 4 is 23.5 Å². The number of allylic oxidation sites excluding steroid dienone is 4. The van der Waals surface area contributed by atoms with Crippen molar-refractivity contribution in [2.45, 2.75) is 51.0 Å². The molecule has 0 saturated carbocycles. The number of rotatable bonds is 7. The van der Waals surface area contributed by atoms with Crippen LogP contribution in [0, 0.1) is 0 Å². The molecule has 0 bridgehead atoms. The van der Waals surface area contributed by atoms with Gasteiger partial charge in [-0.3, -0.25) is 14.4 Å². The molecule has 0 radical (unpaired) electrons. The van der Waals surface area contributed by atoms with E-state index in [0.717, 1.165) is 22.5 Å². The Morgan fingerprint density at radius 1 is 0.811 bits per heavy atom. The molecule has 2 aromatic rings. The van der Waals surface area contributed by atoms with Crippen LogP contribution in [0.1, 0.15) is 65.9 Å². The predicted octanol–water partition coefficient (Wildman–Crippen LogP) is 4.46. The van der Waals surface area contributed by atoms with Gasteiger partial charge in [0.2, 0.25) is 0 Å². The van der Waals surface area contributed by atoms with Crippen LogP contribution in [0.5, 0.6) is 5.75 Å². The van der Waals surface area contributed by atoms with Crippen molar-refractivity contribution in [3.63, 3.8) is 0 Å². The van der Waals surface area contributed by atoms with Crippen molar-refractivity contribution in [3.8, 4) is 5.75 Å². The van der Waals surface area contributed by atoms with E-state index in [4.69, 9.17) is 9.84 Å². The van der Waals surface area contributed by atoms with Gasteiger partial charge in [0, 0.05) is 41.3 Å². The number of hydrogen-bond donors (Lipinski definition) is 2. The number of Topliss-reactive ketones (excluding diaryl/α,β-unsaturated/α-hetero) is 2. The summed E-state index contributed by atoms with van der Waals surface area (Å²) in [5.41, 5.74) is 4.41. The van der Waals surface area contributed by atoms with Crippen LogP contribution in [0.4, 0.5) is 0 Å². The summed E-state index contributed by atoms with van der Waals surface area (Å²) in [5.74, 6) is -1.95. The molecule has 0 aromatic heterocycles. The first-order valence-corrected chi connectivity index (χ1v) is 12.4. The third kappa shape index (κ3) is 4.79. The Kier molecular flexibility index (Phi) is 6.65. The highest BCUT2D eigenvalue weighted by Gasteiger charge is 2.43. The largest absolute Gasteiger partial charge is 0.489 e. The Morgan fingerprint density at radius 2 is 1.38 bits per heavy atom. The summed E-state index contributed by atoms with van der Waals surface area (Å²) in [6, 6.07) is 13.8. The molecule has 8 heteroatoms. The van der Waals surface area contributed by atoms with Crippen molar-refractivity contribution < 1.29 is 34.1 Å². The number of nitrogens with zero attached hydrogens (tertiary/aromatic N) is 1. The number of ether oxygens (including phenoxy) is 1. The van der Waals surface area contributed by atoms with Crippen LogP contribution >= 0.6 is 0 Å². The Balaban J connectivity index is 1.45. The fourth-order valence-corrected chi connectivity index (χ4v) is 5.54. The van der Waals surface area contributed by atoms with Crippen molar-refractivity contribution in [2.75, 3.05) is 6.54 Å². The molecule has 1 heterocycles. The quantitative estimate of drug-likeness (QED) is 0.570. The molecule has 2 aliphatic carbocycles. The van der Waals surface area contributed by atoms with Gasteiger partial charge in [-0.2, -0.15) is 0 Å². The Hall–Kier alpha value is -4.20. The van der Waals surface area contributed by atoms with E-state index in [1.807, 2.05) is 12.1 Å². The Morgan fingerprint density at radius 3 is 1.89 bits per heavy atom. The number of ketones is 2. The summed E-state index contributed by atoms with van der Waals surface area (Å²) in [6.07, 6.45) is 3.31. The lowest BCUT2D eigenvalue weighted by Gasteiger charge is -2.43. The third-order valence-corrected chi connectivity index (χ3v) is 7.20. The average molecular weight is 502 g/mol. The van der Waals surface area contributed by atoms with E-state index in [2.05, 4.69) is 0 Å². The van der Waals surface area contributed by atoms with E-state index in [1.54, 1.807) is 29.2 Å². The van der Waals surface area contributed by atoms with Crippen molar-refractivity contribution in [1.29, 1.82) is 0 Å². The molecular weight excluding hydrogens is 474 g/mol. The predicted molar refractivity (Wildman–Crippen MR) is 133 cm³/mol. The molecule has 5 rings (SSSR count). The minimum Gasteiger partial charge on any atom is -0.489 e. The molecule has 0 amide bonds. The lowest BCUT2D eigenvalue weighted by molar-refractivity contribution is -0.138. The van der Waals surface area contributed by atoms with Crippen molar-refractivity contribution in [2.24, 2.45) is 0 Å². The first kappa shape index (κ1) is 24.5. The smallest absolute Gasteiger partial charge is 0.335 e. The first-order valence-electron chi connectivity index (χ1n) is 12.4. The monoisotopic (exact) mass is 501 g/mol. The van der Waals surface area contributed by atoms with E-state index in [0.29, 0.717) is 55.4 Å². The van der Waals surface area contributed by atoms with Crippen molar-refractivity contribution in [3.05, 3.63) is 87.8 Å². The van der Waals surface area contributed by atoms with Gasteiger partial charge in [0.25, 0.3) is 0 Å². The summed E-state index contributed by atoms with van der Waals surface area (Å²) in [7, 11) is 0. The summed E-state index contributed by atoms with van der Waals surface area (Å²) < 4.78 is 5.87. The van der Waals surface area contributed by atoms with Crippen LogP contribution in [-0.2, 0) is 21.0 Å². The normalized spacial score (nSPS) is 18.0. The zero-order chi connectivity index (χ0) is 26.1. The molecule has 2 aromatic carbocycles. The van der Waals surface area contributed by atoms with Gasteiger partial charge < -0.3 is 19.8 Å². The summed E-state index contributed by atoms with van der Waals surface area (Å²) in [4.78, 5) is 50.8. The Bertz CT molecular complexity index is 1290. The number of benzene rings is 2. The standard InChI is InChI=1S/C29H27NO7/c31-23-5-1-3-21-27(23)26(28-22(4-2-6-24(28)32)30(21)15-25(33)34)18-11-13-20(14-12-18)37-16-17-7-9-19(10-8-17)29(35)36/h7-14,26H,1-6,15-16H2,(H,33,34)(H,35,36). The van der Waals surface area contributed by atoms with E-state index >= 15 is 0 Å².